The van der Waals surface area contributed by atoms with E-state index in [1.807, 2.05) is 47.9 Å². The first-order valence-electron chi connectivity index (χ1n) is 15.2. The summed E-state index contributed by atoms with van der Waals surface area (Å²) in [5.74, 6) is -0.301. The molecule has 2 N–H and O–H groups in total. The van der Waals surface area contributed by atoms with Gasteiger partial charge in [0.2, 0.25) is 0 Å². The van der Waals surface area contributed by atoms with Crippen molar-refractivity contribution in [3.05, 3.63) is 64.7 Å². The van der Waals surface area contributed by atoms with E-state index in [-0.39, 0.29) is 17.8 Å². The van der Waals surface area contributed by atoms with Crippen LogP contribution in [0.1, 0.15) is 50.5 Å². The van der Waals surface area contributed by atoms with Crippen molar-refractivity contribution in [3.8, 4) is 0 Å². The van der Waals surface area contributed by atoms with Crippen molar-refractivity contribution in [1.82, 2.24) is 9.80 Å². The average Bonchev–Trinajstić information content (AvgIpc) is 2.99. The number of nitrogens with zero attached hydrogens (tertiary/aromatic N) is 3. The molecule has 9 nitrogen and oxygen atoms in total. The number of rotatable bonds is 15. The fourth-order valence-corrected chi connectivity index (χ4v) is 5.88. The van der Waals surface area contributed by atoms with E-state index >= 15 is 0 Å². The van der Waals surface area contributed by atoms with Crippen LogP contribution in [-0.2, 0) is 25.5 Å². The van der Waals surface area contributed by atoms with E-state index in [9.17, 15) is 14.4 Å². The van der Waals surface area contributed by atoms with E-state index in [0.717, 1.165) is 43.1 Å². The monoisotopic (exact) mass is 646 g/mol. The standard InChI is InChI=1S/C33H47ClN4O5S/c1-24(2)42-21-20-38(30(22-39)44-23-29(35)32(41)43-33(3,4)5)28-12-8-26(9-13-28)31(40)37-18-16-36(17-19-37)15-14-25-6-10-27(34)11-7-25/h6-13,22,24,29-30H,14-21,23,35H2,1-5H3. The molecule has 0 bridgehead atoms. The molecule has 1 saturated heterocycles. The number of carbonyl (C=O) groups is 3. The van der Waals surface area contributed by atoms with Crippen molar-refractivity contribution in [1.29, 1.82) is 0 Å². The third-order valence-electron chi connectivity index (χ3n) is 7.10. The summed E-state index contributed by atoms with van der Waals surface area (Å²) in [5.41, 5.74) is 8.06. The second-order valence-electron chi connectivity index (χ2n) is 12.2. The summed E-state index contributed by atoms with van der Waals surface area (Å²) >= 11 is 7.26. The minimum atomic E-state index is -0.867. The van der Waals surface area contributed by atoms with Gasteiger partial charge in [0.05, 0.1) is 12.7 Å². The molecule has 3 rings (SSSR count). The zero-order valence-corrected chi connectivity index (χ0v) is 28.1. The molecular weight excluding hydrogens is 600 g/mol. The molecule has 2 aromatic carbocycles. The number of hydrogen-bond donors (Lipinski definition) is 1. The maximum Gasteiger partial charge on any atom is 0.324 e. The SMILES string of the molecule is CC(C)OCCN(c1ccc(C(=O)N2CCN(CCc3ccc(Cl)cc3)CC2)cc1)C(C=O)SCC(N)C(=O)OC(C)(C)C. The number of amides is 1. The van der Waals surface area contributed by atoms with E-state index in [4.69, 9.17) is 26.8 Å². The van der Waals surface area contributed by atoms with Gasteiger partial charge in [0.1, 0.15) is 17.0 Å². The van der Waals surface area contributed by atoms with Gasteiger partial charge in [0.25, 0.3) is 5.91 Å². The van der Waals surface area contributed by atoms with Gasteiger partial charge in [-0.05, 0) is 83.0 Å². The van der Waals surface area contributed by atoms with Crippen LogP contribution in [0.3, 0.4) is 0 Å². The Kier molecular flexibility index (Phi) is 14.0. The van der Waals surface area contributed by atoms with Crippen molar-refractivity contribution in [2.24, 2.45) is 5.73 Å². The Bertz CT molecular complexity index is 1200. The highest BCUT2D eigenvalue weighted by atomic mass is 35.5. The number of ether oxygens (including phenoxy) is 2. The lowest BCUT2D eigenvalue weighted by Gasteiger charge is -2.35. The molecule has 44 heavy (non-hydrogen) atoms. The average molecular weight is 647 g/mol. The third kappa shape index (κ3) is 11.7. The first-order valence-corrected chi connectivity index (χ1v) is 16.6. The Labute approximate surface area is 271 Å². The molecule has 0 aromatic heterocycles. The summed E-state index contributed by atoms with van der Waals surface area (Å²) in [6.07, 6.45) is 1.82. The van der Waals surface area contributed by atoms with Crippen molar-refractivity contribution in [3.63, 3.8) is 0 Å². The molecule has 2 unspecified atom stereocenters. The van der Waals surface area contributed by atoms with Gasteiger partial charge in [-0.1, -0.05) is 23.7 Å². The van der Waals surface area contributed by atoms with E-state index in [1.54, 1.807) is 32.9 Å². The fraction of sp³-hybridized carbons (Fsp3) is 0.545. The number of benzene rings is 2. The second-order valence-corrected chi connectivity index (χ2v) is 13.8. The Morgan fingerprint density at radius 1 is 1.05 bits per heavy atom. The fourth-order valence-electron chi connectivity index (χ4n) is 4.73. The highest BCUT2D eigenvalue weighted by Crippen LogP contribution is 2.25. The quantitative estimate of drug-likeness (QED) is 0.170. The zero-order valence-electron chi connectivity index (χ0n) is 26.5. The maximum absolute atomic E-state index is 13.3. The molecule has 11 heteroatoms. The molecule has 1 aliphatic rings. The third-order valence-corrected chi connectivity index (χ3v) is 8.61. The molecule has 0 aliphatic carbocycles. The summed E-state index contributed by atoms with van der Waals surface area (Å²) in [6, 6.07) is 14.4. The normalized spacial score (nSPS) is 15.6. The van der Waals surface area contributed by atoms with Gasteiger partial charge in [0.15, 0.2) is 6.29 Å². The molecule has 0 radical (unpaired) electrons. The Hall–Kier alpha value is -2.63. The first-order chi connectivity index (χ1) is 20.9. The lowest BCUT2D eigenvalue weighted by Crippen LogP contribution is -2.49. The lowest BCUT2D eigenvalue weighted by molar-refractivity contribution is -0.155. The van der Waals surface area contributed by atoms with E-state index in [1.165, 1.54) is 17.3 Å². The molecule has 1 heterocycles. The van der Waals surface area contributed by atoms with Crippen LogP contribution in [0.15, 0.2) is 48.5 Å². The minimum absolute atomic E-state index is 0.00626. The van der Waals surface area contributed by atoms with Crippen molar-refractivity contribution in [2.45, 2.75) is 64.2 Å². The Balaban J connectivity index is 1.59. The van der Waals surface area contributed by atoms with Crippen LogP contribution in [0.4, 0.5) is 5.69 Å². The number of nitrogens with two attached hydrogens (primary N) is 1. The molecule has 242 valence electrons. The molecule has 2 atom stereocenters. The van der Waals surface area contributed by atoms with Crippen LogP contribution >= 0.6 is 23.4 Å². The molecule has 1 fully saturated rings. The maximum atomic E-state index is 13.3. The van der Waals surface area contributed by atoms with Gasteiger partial charge >= 0.3 is 5.97 Å². The summed E-state index contributed by atoms with van der Waals surface area (Å²) in [4.78, 5) is 44.1. The van der Waals surface area contributed by atoms with E-state index < -0.39 is 23.0 Å². The van der Waals surface area contributed by atoms with Crippen LogP contribution < -0.4 is 10.6 Å². The van der Waals surface area contributed by atoms with Crippen molar-refractivity contribution < 1.29 is 23.9 Å². The number of carbonyl (C=O) groups excluding carboxylic acids is 3. The van der Waals surface area contributed by atoms with Crippen molar-refractivity contribution >= 4 is 47.2 Å². The largest absolute Gasteiger partial charge is 0.459 e. The Morgan fingerprint density at radius 2 is 1.68 bits per heavy atom. The smallest absolute Gasteiger partial charge is 0.324 e. The Morgan fingerprint density at radius 3 is 2.25 bits per heavy atom. The highest BCUT2D eigenvalue weighted by molar-refractivity contribution is 8.00. The van der Waals surface area contributed by atoms with Gasteiger partial charge in [0, 0.05) is 61.3 Å². The zero-order chi connectivity index (χ0) is 32.3. The van der Waals surface area contributed by atoms with Gasteiger partial charge < -0.3 is 29.8 Å². The summed E-state index contributed by atoms with van der Waals surface area (Å²) in [5, 5.41) is 0.131. The number of esters is 1. The minimum Gasteiger partial charge on any atom is -0.459 e. The molecule has 2 aromatic rings. The molecule has 0 saturated carbocycles. The summed E-state index contributed by atoms with van der Waals surface area (Å²) in [6.45, 7) is 14.0. The number of halogens is 1. The lowest BCUT2D eigenvalue weighted by atomic mass is 10.1. The molecule has 0 spiro atoms. The molecule has 1 amide bonds. The summed E-state index contributed by atoms with van der Waals surface area (Å²) < 4.78 is 11.2. The number of anilines is 1. The van der Waals surface area contributed by atoms with Crippen LogP contribution in [0.2, 0.25) is 5.02 Å². The first kappa shape index (κ1) is 35.8. The van der Waals surface area contributed by atoms with Crippen LogP contribution in [0.25, 0.3) is 0 Å². The highest BCUT2D eigenvalue weighted by Gasteiger charge is 2.27. The second kappa shape index (κ2) is 17.2. The predicted molar refractivity (Wildman–Crippen MR) is 179 cm³/mol. The predicted octanol–water partition coefficient (Wildman–Crippen LogP) is 4.50. The van der Waals surface area contributed by atoms with Gasteiger partial charge in [-0.3, -0.25) is 14.5 Å². The van der Waals surface area contributed by atoms with Crippen LogP contribution in [0.5, 0.6) is 0 Å². The van der Waals surface area contributed by atoms with Gasteiger partial charge in [-0.15, -0.1) is 11.8 Å². The number of hydrogen-bond acceptors (Lipinski definition) is 9. The van der Waals surface area contributed by atoms with Crippen LogP contribution in [-0.4, -0.2) is 103 Å². The topological polar surface area (TPSA) is 105 Å². The number of piperazine rings is 1. The van der Waals surface area contributed by atoms with E-state index in [0.29, 0.717) is 31.8 Å². The van der Waals surface area contributed by atoms with Crippen LogP contribution in [0, 0.1) is 0 Å². The van der Waals surface area contributed by atoms with Gasteiger partial charge in [-0.25, -0.2) is 0 Å². The van der Waals surface area contributed by atoms with E-state index in [2.05, 4.69) is 17.0 Å². The number of aldehydes is 1. The summed E-state index contributed by atoms with van der Waals surface area (Å²) in [7, 11) is 0. The van der Waals surface area contributed by atoms with Gasteiger partial charge in [-0.2, -0.15) is 0 Å². The van der Waals surface area contributed by atoms with Crippen molar-refractivity contribution in [2.75, 3.05) is 56.5 Å². The molecule has 1 aliphatic heterocycles. The number of thioether (sulfide) groups is 1. The molecular formula is C33H47ClN4O5S.